The van der Waals surface area contributed by atoms with Gasteiger partial charge in [-0.25, -0.2) is 4.39 Å². The van der Waals surface area contributed by atoms with Crippen LogP contribution in [-0.4, -0.2) is 42.9 Å². The Kier molecular flexibility index (Phi) is 6.58. The molecule has 1 aliphatic rings. The molecule has 2 amide bonds. The molecule has 21 heavy (non-hydrogen) atoms. The van der Waals surface area contributed by atoms with E-state index in [0.29, 0.717) is 18.7 Å². The summed E-state index contributed by atoms with van der Waals surface area (Å²) in [5.74, 6) is -0.673. The van der Waals surface area contributed by atoms with Gasteiger partial charge in [-0.05, 0) is 6.07 Å². The van der Waals surface area contributed by atoms with Crippen LogP contribution in [-0.2, 0) is 16.1 Å². The molecule has 116 valence electrons. The number of nitrogens with one attached hydrogen (secondary N) is 2. The van der Waals surface area contributed by atoms with E-state index in [1.54, 1.807) is 23.1 Å². The van der Waals surface area contributed by atoms with Crippen molar-refractivity contribution >= 4 is 24.2 Å². The minimum absolute atomic E-state index is 0. The normalized spacial score (nSPS) is 18.1. The van der Waals surface area contributed by atoms with Gasteiger partial charge in [-0.2, -0.15) is 0 Å². The average molecular weight is 316 g/mol. The van der Waals surface area contributed by atoms with E-state index in [1.165, 1.54) is 13.1 Å². The maximum atomic E-state index is 13.6. The second-order valence-corrected chi connectivity index (χ2v) is 4.74. The van der Waals surface area contributed by atoms with Gasteiger partial charge >= 0.3 is 0 Å². The number of carbonyl (C=O) groups is 2. The van der Waals surface area contributed by atoms with Gasteiger partial charge in [0.05, 0.1) is 12.5 Å². The summed E-state index contributed by atoms with van der Waals surface area (Å²) in [5, 5.41) is 5.52. The summed E-state index contributed by atoms with van der Waals surface area (Å²) < 4.78 is 13.6. The molecule has 0 aromatic heterocycles. The first kappa shape index (κ1) is 17.4. The zero-order chi connectivity index (χ0) is 14.5. The molecule has 1 unspecified atom stereocenters. The molecule has 1 heterocycles. The van der Waals surface area contributed by atoms with Crippen LogP contribution in [0.5, 0.6) is 0 Å². The lowest BCUT2D eigenvalue weighted by molar-refractivity contribution is -0.138. The van der Waals surface area contributed by atoms with E-state index in [4.69, 9.17) is 0 Å². The third-order valence-corrected chi connectivity index (χ3v) is 3.37. The van der Waals surface area contributed by atoms with Gasteiger partial charge < -0.3 is 15.5 Å². The van der Waals surface area contributed by atoms with Crippen molar-refractivity contribution in [2.45, 2.75) is 19.0 Å². The van der Waals surface area contributed by atoms with E-state index in [9.17, 15) is 14.0 Å². The molecule has 5 nitrogen and oxygen atoms in total. The summed E-state index contributed by atoms with van der Waals surface area (Å²) in [6.07, 6.45) is 0.100. The van der Waals surface area contributed by atoms with Crippen LogP contribution in [0.15, 0.2) is 24.3 Å². The Bertz CT molecular complexity index is 513. The molecule has 7 heteroatoms. The molecular formula is C14H19ClFN3O2. The number of nitrogens with zero attached hydrogens (tertiary/aromatic N) is 1. The lowest BCUT2D eigenvalue weighted by Crippen LogP contribution is -2.55. The zero-order valence-electron chi connectivity index (χ0n) is 11.8. The Labute approximate surface area is 129 Å². The summed E-state index contributed by atoms with van der Waals surface area (Å²) in [4.78, 5) is 25.2. The van der Waals surface area contributed by atoms with Crippen molar-refractivity contribution in [3.8, 4) is 0 Å². The summed E-state index contributed by atoms with van der Waals surface area (Å²) >= 11 is 0. The standard InChI is InChI=1S/C14H18FN3O2.ClH/c1-16-13(19)8-12-14(20)18(7-6-17-12)9-10-4-2-3-5-11(10)15;/h2-5,12,17H,6-9H2,1H3,(H,16,19);1H. The fraction of sp³-hybridized carbons (Fsp3) is 0.429. The van der Waals surface area contributed by atoms with Crippen molar-refractivity contribution in [1.29, 1.82) is 0 Å². The number of piperazine rings is 1. The van der Waals surface area contributed by atoms with Gasteiger partial charge in [-0.15, -0.1) is 12.4 Å². The second-order valence-electron chi connectivity index (χ2n) is 4.74. The van der Waals surface area contributed by atoms with Gasteiger partial charge in [0.1, 0.15) is 5.82 Å². The minimum atomic E-state index is -0.532. The lowest BCUT2D eigenvalue weighted by Gasteiger charge is -2.33. The number of carbonyl (C=O) groups excluding carboxylic acids is 2. The number of hydrogen-bond donors (Lipinski definition) is 2. The number of benzene rings is 1. The molecule has 0 radical (unpaired) electrons. The van der Waals surface area contributed by atoms with Gasteiger partial charge in [0.15, 0.2) is 0 Å². The number of rotatable bonds is 4. The van der Waals surface area contributed by atoms with E-state index >= 15 is 0 Å². The summed E-state index contributed by atoms with van der Waals surface area (Å²) in [5.41, 5.74) is 0.487. The third-order valence-electron chi connectivity index (χ3n) is 3.37. The highest BCUT2D eigenvalue weighted by Crippen LogP contribution is 2.13. The van der Waals surface area contributed by atoms with Gasteiger partial charge in [0.2, 0.25) is 11.8 Å². The van der Waals surface area contributed by atoms with E-state index < -0.39 is 6.04 Å². The van der Waals surface area contributed by atoms with E-state index in [2.05, 4.69) is 10.6 Å². The smallest absolute Gasteiger partial charge is 0.240 e. The second kappa shape index (κ2) is 7.95. The maximum absolute atomic E-state index is 13.6. The van der Waals surface area contributed by atoms with Crippen molar-refractivity contribution < 1.29 is 14.0 Å². The first-order chi connectivity index (χ1) is 9.61. The van der Waals surface area contributed by atoms with Crippen molar-refractivity contribution in [1.82, 2.24) is 15.5 Å². The molecule has 0 saturated carbocycles. The van der Waals surface area contributed by atoms with Crippen LogP contribution in [0.2, 0.25) is 0 Å². The predicted molar refractivity (Wildman–Crippen MR) is 79.5 cm³/mol. The number of amides is 2. The highest BCUT2D eigenvalue weighted by molar-refractivity contribution is 5.88. The lowest BCUT2D eigenvalue weighted by atomic mass is 10.1. The maximum Gasteiger partial charge on any atom is 0.240 e. The molecule has 2 N–H and O–H groups in total. The molecular weight excluding hydrogens is 297 g/mol. The molecule has 1 aromatic rings. The number of halogens is 2. The average Bonchev–Trinajstić information content (AvgIpc) is 2.45. The fourth-order valence-corrected chi connectivity index (χ4v) is 2.23. The van der Waals surface area contributed by atoms with Crippen LogP contribution >= 0.6 is 12.4 Å². The highest BCUT2D eigenvalue weighted by Gasteiger charge is 2.30. The Hall–Kier alpha value is -1.66. The molecule has 2 rings (SSSR count). The fourth-order valence-electron chi connectivity index (χ4n) is 2.23. The molecule has 1 fully saturated rings. The van der Waals surface area contributed by atoms with Crippen LogP contribution in [0.25, 0.3) is 0 Å². The molecule has 1 saturated heterocycles. The van der Waals surface area contributed by atoms with Crippen LogP contribution in [0.3, 0.4) is 0 Å². The molecule has 1 aliphatic heterocycles. The Balaban J connectivity index is 0.00000220. The molecule has 0 bridgehead atoms. The quantitative estimate of drug-likeness (QED) is 0.859. The zero-order valence-corrected chi connectivity index (χ0v) is 12.6. The topological polar surface area (TPSA) is 61.4 Å². The van der Waals surface area contributed by atoms with Crippen molar-refractivity contribution in [2.75, 3.05) is 20.1 Å². The Morgan fingerprint density at radius 3 is 2.86 bits per heavy atom. The van der Waals surface area contributed by atoms with Crippen LogP contribution < -0.4 is 10.6 Å². The van der Waals surface area contributed by atoms with Gasteiger partial charge in [-0.3, -0.25) is 9.59 Å². The van der Waals surface area contributed by atoms with Gasteiger partial charge in [0.25, 0.3) is 0 Å². The Morgan fingerprint density at radius 1 is 1.48 bits per heavy atom. The van der Waals surface area contributed by atoms with E-state index in [0.717, 1.165) is 0 Å². The van der Waals surface area contributed by atoms with Crippen molar-refractivity contribution in [2.24, 2.45) is 0 Å². The summed E-state index contributed by atoms with van der Waals surface area (Å²) in [6.45, 7) is 1.34. The van der Waals surface area contributed by atoms with Crippen LogP contribution in [0.4, 0.5) is 4.39 Å². The molecule has 0 spiro atoms. The van der Waals surface area contributed by atoms with Gasteiger partial charge in [0, 0.05) is 32.2 Å². The third kappa shape index (κ3) is 4.41. The summed E-state index contributed by atoms with van der Waals surface area (Å²) in [7, 11) is 1.53. The Morgan fingerprint density at radius 2 is 2.19 bits per heavy atom. The van der Waals surface area contributed by atoms with Gasteiger partial charge in [-0.1, -0.05) is 18.2 Å². The molecule has 0 aliphatic carbocycles. The summed E-state index contributed by atoms with van der Waals surface area (Å²) in [6, 6.07) is 5.87. The monoisotopic (exact) mass is 315 g/mol. The predicted octanol–water partition coefficient (Wildman–Crippen LogP) is 0.684. The van der Waals surface area contributed by atoms with Crippen molar-refractivity contribution in [3.05, 3.63) is 35.6 Å². The van der Waals surface area contributed by atoms with Crippen LogP contribution in [0.1, 0.15) is 12.0 Å². The highest BCUT2D eigenvalue weighted by atomic mass is 35.5. The SMILES string of the molecule is CNC(=O)CC1NCCN(Cc2ccccc2F)C1=O.Cl. The number of hydrogen-bond acceptors (Lipinski definition) is 3. The van der Waals surface area contributed by atoms with E-state index in [1.807, 2.05) is 0 Å². The largest absolute Gasteiger partial charge is 0.359 e. The minimum Gasteiger partial charge on any atom is -0.359 e. The van der Waals surface area contributed by atoms with Crippen molar-refractivity contribution in [3.63, 3.8) is 0 Å². The first-order valence-corrected chi connectivity index (χ1v) is 6.58. The molecule has 1 aromatic carbocycles. The first-order valence-electron chi connectivity index (χ1n) is 6.58. The molecule has 1 atom stereocenters. The van der Waals surface area contributed by atoms with Crippen LogP contribution in [0, 0.1) is 5.82 Å². The van der Waals surface area contributed by atoms with E-state index in [-0.39, 0.29) is 43.0 Å².